The molecule has 1 fully saturated rings. The molecule has 230 valence electrons. The third-order valence-electron chi connectivity index (χ3n) is 8.30. The van der Waals surface area contributed by atoms with Gasteiger partial charge in [-0.05, 0) is 72.0 Å². The van der Waals surface area contributed by atoms with Gasteiger partial charge in [-0.1, -0.05) is 24.3 Å². The molecule has 11 heteroatoms. The summed E-state index contributed by atoms with van der Waals surface area (Å²) in [6.45, 7) is 0.592. The smallest absolute Gasteiger partial charge is 0.255 e. The summed E-state index contributed by atoms with van der Waals surface area (Å²) in [6, 6.07) is 20.5. The molecule has 2 aromatic carbocycles. The number of H-pyrrole nitrogens is 1. The molecule has 0 bridgehead atoms. The Morgan fingerprint density at radius 1 is 0.957 bits per heavy atom. The molecule has 1 unspecified atom stereocenters. The molecule has 11 nitrogen and oxygen atoms in total. The summed E-state index contributed by atoms with van der Waals surface area (Å²) in [6.07, 6.45) is 6.59. The van der Waals surface area contributed by atoms with Crippen LogP contribution in [0.25, 0.3) is 33.3 Å². The van der Waals surface area contributed by atoms with Crippen LogP contribution in [0, 0.1) is 0 Å². The van der Waals surface area contributed by atoms with E-state index in [-0.39, 0.29) is 37.1 Å². The van der Waals surface area contributed by atoms with E-state index in [0.29, 0.717) is 36.6 Å². The van der Waals surface area contributed by atoms with Crippen molar-refractivity contribution in [1.82, 2.24) is 25.2 Å². The second kappa shape index (κ2) is 12.3. The summed E-state index contributed by atoms with van der Waals surface area (Å²) in [5, 5.41) is 6.25. The quantitative estimate of drug-likeness (QED) is 0.159. The summed E-state index contributed by atoms with van der Waals surface area (Å²) in [5.74, 6) is -0.0951. The van der Waals surface area contributed by atoms with Gasteiger partial charge in [-0.2, -0.15) is 0 Å². The van der Waals surface area contributed by atoms with Gasteiger partial charge in [0.15, 0.2) is 0 Å². The molecule has 1 saturated heterocycles. The Hall–Kier alpha value is -5.84. The van der Waals surface area contributed by atoms with Gasteiger partial charge in [0.25, 0.3) is 5.91 Å². The van der Waals surface area contributed by atoms with Crippen molar-refractivity contribution in [2.24, 2.45) is 0 Å². The Balaban J connectivity index is 0.875. The van der Waals surface area contributed by atoms with Crippen molar-refractivity contribution in [1.29, 1.82) is 0 Å². The molecule has 5 aromatic rings. The highest BCUT2D eigenvalue weighted by atomic mass is 16.5. The van der Waals surface area contributed by atoms with E-state index in [1.165, 1.54) is 4.90 Å². The number of rotatable bonds is 9. The number of aromatic nitrogens is 3. The van der Waals surface area contributed by atoms with Crippen molar-refractivity contribution < 1.29 is 23.9 Å². The van der Waals surface area contributed by atoms with Crippen LogP contribution in [0.2, 0.25) is 0 Å². The second-order valence-electron chi connectivity index (χ2n) is 11.4. The largest absolute Gasteiger partial charge is 0.494 e. The number of nitrogens with zero attached hydrogens (tertiary/aromatic N) is 3. The van der Waals surface area contributed by atoms with Crippen LogP contribution in [0.15, 0.2) is 85.3 Å². The summed E-state index contributed by atoms with van der Waals surface area (Å²) < 4.78 is 5.85. The molecule has 0 saturated carbocycles. The maximum atomic E-state index is 12.9. The van der Waals surface area contributed by atoms with Crippen LogP contribution in [0.5, 0.6) is 5.75 Å². The molecular weight excluding hydrogens is 584 g/mol. The van der Waals surface area contributed by atoms with Gasteiger partial charge in [-0.25, -0.2) is 4.98 Å². The number of anilines is 1. The van der Waals surface area contributed by atoms with E-state index in [9.17, 15) is 19.2 Å². The van der Waals surface area contributed by atoms with E-state index in [4.69, 9.17) is 4.74 Å². The molecule has 4 amide bonds. The van der Waals surface area contributed by atoms with E-state index in [2.05, 4.69) is 43.8 Å². The van der Waals surface area contributed by atoms with Crippen molar-refractivity contribution in [2.75, 3.05) is 11.9 Å². The lowest BCUT2D eigenvalue weighted by molar-refractivity contribution is -0.137. The molecule has 0 radical (unpaired) electrons. The number of aromatic amines is 1. The number of benzene rings is 2. The van der Waals surface area contributed by atoms with Crippen molar-refractivity contribution in [3.8, 4) is 28.1 Å². The standard InChI is InChI=1S/C35H30N6O5/c42-32(2-1-15-46-26-8-9-27-25(16-26)20-41(35(27)45)30-10-12-33(43)40-34(30)44)39-31-11-7-24(18-37-31)21-3-5-22(6-4-21)28-17-23-13-14-36-19-29(23)38-28/h3-9,11,13-14,16-19,30,38H,1-2,10,12,15,20H2,(H,37,39,42)(H,40,43,44). The number of piperidine rings is 1. The number of hydrogen-bond donors (Lipinski definition) is 3. The fraction of sp³-hybridized carbons (Fsp3) is 0.200. The topological polar surface area (TPSA) is 146 Å². The van der Waals surface area contributed by atoms with E-state index in [1.807, 2.05) is 30.5 Å². The number of amides is 4. The van der Waals surface area contributed by atoms with Crippen LogP contribution in [-0.4, -0.2) is 56.1 Å². The first kappa shape index (κ1) is 28.9. The number of hydrogen-bond acceptors (Lipinski definition) is 7. The van der Waals surface area contributed by atoms with Gasteiger partial charge in [0.05, 0.1) is 18.3 Å². The predicted octanol–water partition coefficient (Wildman–Crippen LogP) is 4.85. The number of carbonyl (C=O) groups is 4. The minimum Gasteiger partial charge on any atom is -0.494 e. The van der Waals surface area contributed by atoms with Crippen molar-refractivity contribution in [3.05, 3.63) is 96.4 Å². The Labute approximate surface area is 264 Å². The Morgan fingerprint density at radius 3 is 2.57 bits per heavy atom. The van der Waals surface area contributed by atoms with Gasteiger partial charge in [0.1, 0.15) is 17.6 Å². The Bertz CT molecular complexity index is 1940. The average molecular weight is 615 g/mol. The van der Waals surface area contributed by atoms with Crippen LogP contribution < -0.4 is 15.4 Å². The predicted molar refractivity (Wildman–Crippen MR) is 171 cm³/mol. The zero-order chi connectivity index (χ0) is 31.6. The molecule has 2 aliphatic rings. The van der Waals surface area contributed by atoms with E-state index >= 15 is 0 Å². The maximum Gasteiger partial charge on any atom is 0.255 e. The van der Waals surface area contributed by atoms with Crippen molar-refractivity contribution >= 4 is 40.3 Å². The first-order chi connectivity index (χ1) is 22.4. The number of pyridine rings is 2. The first-order valence-electron chi connectivity index (χ1n) is 15.1. The van der Waals surface area contributed by atoms with Crippen LogP contribution in [0.3, 0.4) is 0 Å². The first-order valence-corrected chi connectivity index (χ1v) is 15.1. The zero-order valence-corrected chi connectivity index (χ0v) is 24.8. The van der Waals surface area contributed by atoms with Crippen molar-refractivity contribution in [3.63, 3.8) is 0 Å². The normalized spacial score (nSPS) is 16.0. The van der Waals surface area contributed by atoms with Crippen LogP contribution in [0.4, 0.5) is 5.82 Å². The summed E-state index contributed by atoms with van der Waals surface area (Å²) in [5.41, 5.74) is 6.34. The van der Waals surface area contributed by atoms with Gasteiger partial charge in [-0.3, -0.25) is 29.5 Å². The van der Waals surface area contributed by atoms with Crippen LogP contribution >= 0.6 is 0 Å². The number of carbonyl (C=O) groups excluding carboxylic acids is 4. The molecule has 0 spiro atoms. The number of ether oxygens (including phenoxy) is 1. The zero-order valence-electron chi connectivity index (χ0n) is 24.8. The molecule has 1 atom stereocenters. The highest BCUT2D eigenvalue weighted by molar-refractivity contribution is 6.05. The summed E-state index contributed by atoms with van der Waals surface area (Å²) in [7, 11) is 0. The summed E-state index contributed by atoms with van der Waals surface area (Å²) in [4.78, 5) is 62.6. The third-order valence-corrected chi connectivity index (χ3v) is 8.30. The molecule has 3 aromatic heterocycles. The minimum atomic E-state index is -0.660. The lowest BCUT2D eigenvalue weighted by Gasteiger charge is -2.29. The lowest BCUT2D eigenvalue weighted by Crippen LogP contribution is -2.52. The molecule has 0 aliphatic carbocycles. The SMILES string of the molecule is O=C1CCC(N2Cc3cc(OCCCC(=O)Nc4ccc(-c5ccc(-c6cc7ccncc7[nH]6)cc5)cn4)ccc3C2=O)C(=O)N1. The Kier molecular flexibility index (Phi) is 7.71. The van der Waals surface area contributed by atoms with Gasteiger partial charge in [0, 0.05) is 54.0 Å². The molecule has 3 N–H and O–H groups in total. The minimum absolute atomic E-state index is 0.166. The fourth-order valence-corrected chi connectivity index (χ4v) is 5.88. The number of imide groups is 1. The van der Waals surface area contributed by atoms with Gasteiger partial charge in [-0.15, -0.1) is 0 Å². The van der Waals surface area contributed by atoms with Gasteiger partial charge < -0.3 is 19.9 Å². The lowest BCUT2D eigenvalue weighted by atomic mass is 10.0. The highest BCUT2D eigenvalue weighted by Gasteiger charge is 2.39. The van der Waals surface area contributed by atoms with Gasteiger partial charge >= 0.3 is 0 Å². The average Bonchev–Trinajstić information content (AvgIpc) is 3.64. The number of fused-ring (bicyclic) bond motifs is 2. The highest BCUT2D eigenvalue weighted by Crippen LogP contribution is 2.31. The molecular formula is C35H30N6O5. The fourth-order valence-electron chi connectivity index (χ4n) is 5.88. The van der Waals surface area contributed by atoms with Crippen LogP contribution in [-0.2, 0) is 20.9 Å². The summed E-state index contributed by atoms with van der Waals surface area (Å²) >= 11 is 0. The van der Waals surface area contributed by atoms with E-state index < -0.39 is 11.9 Å². The molecule has 46 heavy (non-hydrogen) atoms. The molecule has 7 rings (SSSR count). The van der Waals surface area contributed by atoms with E-state index in [1.54, 1.807) is 36.7 Å². The maximum absolute atomic E-state index is 12.9. The second-order valence-corrected chi connectivity index (χ2v) is 11.4. The Morgan fingerprint density at radius 2 is 1.78 bits per heavy atom. The molecule has 2 aliphatic heterocycles. The molecule has 5 heterocycles. The van der Waals surface area contributed by atoms with Gasteiger partial charge in [0.2, 0.25) is 17.7 Å². The van der Waals surface area contributed by atoms with Crippen molar-refractivity contribution in [2.45, 2.75) is 38.3 Å². The van der Waals surface area contributed by atoms with Crippen LogP contribution in [0.1, 0.15) is 41.6 Å². The number of nitrogens with one attached hydrogen (secondary N) is 3. The monoisotopic (exact) mass is 614 g/mol. The van der Waals surface area contributed by atoms with E-state index in [0.717, 1.165) is 38.9 Å². The third kappa shape index (κ3) is 5.94.